The molecular weight excluding hydrogens is 633 g/mol. The van der Waals surface area contributed by atoms with Gasteiger partial charge in [-0.3, -0.25) is 14.4 Å². The highest BCUT2D eigenvalue weighted by molar-refractivity contribution is 7.13. The second-order valence-corrected chi connectivity index (χ2v) is 13.1. The van der Waals surface area contributed by atoms with Gasteiger partial charge in [0.2, 0.25) is 11.8 Å². The van der Waals surface area contributed by atoms with E-state index in [1.54, 1.807) is 0 Å². The Morgan fingerprint density at radius 1 is 0.776 bits per heavy atom. The minimum absolute atomic E-state index is 0.0674. The van der Waals surface area contributed by atoms with Gasteiger partial charge in [0.1, 0.15) is 18.2 Å². The number of thiazole rings is 1. The molecule has 1 heterocycles. The number of nitrogens with one attached hydrogen (secondary N) is 3. The predicted octanol–water partition coefficient (Wildman–Crippen LogP) is 6.87. The maximum atomic E-state index is 13.3. The first-order chi connectivity index (χ1) is 23.8. The highest BCUT2D eigenvalue weighted by Gasteiger charge is 2.37. The Hall–Kier alpha value is -5.28. The van der Waals surface area contributed by atoms with Gasteiger partial charge in [-0.1, -0.05) is 135 Å². The fourth-order valence-electron chi connectivity index (χ4n) is 5.58. The fourth-order valence-corrected chi connectivity index (χ4v) is 6.34. The lowest BCUT2D eigenvalue weighted by atomic mass is 9.77. The van der Waals surface area contributed by atoms with Crippen LogP contribution >= 0.6 is 11.3 Å². The van der Waals surface area contributed by atoms with Gasteiger partial charge in [0.15, 0.2) is 5.13 Å². The van der Waals surface area contributed by atoms with E-state index in [9.17, 15) is 14.4 Å². The van der Waals surface area contributed by atoms with Crippen LogP contribution in [0.2, 0.25) is 0 Å². The van der Waals surface area contributed by atoms with Crippen LogP contribution in [0.3, 0.4) is 0 Å². The van der Waals surface area contributed by atoms with E-state index in [4.69, 9.17) is 9.72 Å². The average Bonchev–Trinajstić information content (AvgIpc) is 3.57. The van der Waals surface area contributed by atoms with Crippen LogP contribution < -0.4 is 16.0 Å². The topological polar surface area (TPSA) is 109 Å². The second kappa shape index (κ2) is 17.2. The summed E-state index contributed by atoms with van der Waals surface area (Å²) in [6, 6.07) is 38.8. The van der Waals surface area contributed by atoms with E-state index in [-0.39, 0.29) is 19.4 Å². The number of benzene rings is 4. The molecule has 5 rings (SSSR count). The van der Waals surface area contributed by atoms with E-state index in [0.29, 0.717) is 23.3 Å². The summed E-state index contributed by atoms with van der Waals surface area (Å²) >= 11 is 1.40. The lowest BCUT2D eigenvalue weighted by Gasteiger charge is -2.36. The number of carbonyl (C=O) groups is 3. The van der Waals surface area contributed by atoms with Crippen LogP contribution in [0.1, 0.15) is 54.6 Å². The first-order valence-corrected chi connectivity index (χ1v) is 17.4. The molecule has 1 aromatic heterocycles. The van der Waals surface area contributed by atoms with Crippen molar-refractivity contribution in [2.24, 2.45) is 5.92 Å². The highest BCUT2D eigenvalue weighted by Crippen LogP contribution is 2.40. The summed E-state index contributed by atoms with van der Waals surface area (Å²) in [5, 5.41) is 11.8. The zero-order valence-electron chi connectivity index (χ0n) is 27.8. The van der Waals surface area contributed by atoms with Gasteiger partial charge in [-0.25, -0.2) is 4.98 Å². The zero-order chi connectivity index (χ0) is 34.5. The molecule has 0 unspecified atom stereocenters. The van der Waals surface area contributed by atoms with Gasteiger partial charge in [-0.15, -0.1) is 11.3 Å². The maximum absolute atomic E-state index is 13.3. The first-order valence-electron chi connectivity index (χ1n) is 16.5. The smallest absolute Gasteiger partial charge is 0.308 e. The Morgan fingerprint density at radius 2 is 1.31 bits per heavy atom. The lowest BCUT2D eigenvalue weighted by molar-refractivity contribution is -0.147. The van der Waals surface area contributed by atoms with Crippen molar-refractivity contribution in [2.75, 3.05) is 11.9 Å². The molecule has 0 aliphatic carbocycles. The number of esters is 1. The lowest BCUT2D eigenvalue weighted by Crippen LogP contribution is -2.48. The number of hydrogen-bond acceptors (Lipinski definition) is 7. The third kappa shape index (κ3) is 9.64. The predicted molar refractivity (Wildman–Crippen MR) is 194 cm³/mol. The zero-order valence-corrected chi connectivity index (χ0v) is 28.6. The van der Waals surface area contributed by atoms with Crippen molar-refractivity contribution in [3.63, 3.8) is 0 Å². The summed E-state index contributed by atoms with van der Waals surface area (Å²) in [4.78, 5) is 44.0. The van der Waals surface area contributed by atoms with Crippen molar-refractivity contribution in [1.29, 1.82) is 0 Å². The molecule has 0 aliphatic rings. The van der Waals surface area contributed by atoms with Crippen molar-refractivity contribution >= 4 is 34.3 Å². The van der Waals surface area contributed by atoms with E-state index in [0.717, 1.165) is 28.7 Å². The summed E-state index contributed by atoms with van der Waals surface area (Å²) < 4.78 is 5.42. The van der Waals surface area contributed by atoms with Gasteiger partial charge in [0.05, 0.1) is 18.5 Å². The normalized spacial score (nSPS) is 11.8. The molecule has 0 fully saturated rings. The standard InChI is InChI=1S/C40H42N4O4S/c1-29(2)23-24-41-38(47)35(26-37(46)48-27-30-15-7-3-8-16-30)43-36(45)25-34-28-49-39(42-34)44-40(31-17-9-4-10-18-31,32-19-11-5-12-20-32)33-21-13-6-14-22-33/h3-22,28-29,35H,23-27H2,1-2H3,(H,41,47)(H,42,44)(H,43,45)/t35-/m0/s1. The third-order valence-electron chi connectivity index (χ3n) is 8.09. The van der Waals surface area contributed by atoms with Gasteiger partial charge in [0, 0.05) is 11.9 Å². The molecule has 5 aromatic rings. The summed E-state index contributed by atoms with van der Waals surface area (Å²) in [7, 11) is 0. The highest BCUT2D eigenvalue weighted by atomic mass is 32.1. The van der Waals surface area contributed by atoms with Gasteiger partial charge in [-0.2, -0.15) is 0 Å². The molecule has 0 radical (unpaired) electrons. The Bertz CT molecular complexity index is 1680. The Morgan fingerprint density at radius 3 is 1.84 bits per heavy atom. The van der Waals surface area contributed by atoms with Crippen LogP contribution in [-0.4, -0.2) is 35.4 Å². The van der Waals surface area contributed by atoms with E-state index in [2.05, 4.69) is 66.2 Å². The molecule has 0 bridgehead atoms. The van der Waals surface area contributed by atoms with Gasteiger partial charge in [-0.05, 0) is 34.6 Å². The van der Waals surface area contributed by atoms with Crippen LogP contribution in [0, 0.1) is 5.92 Å². The van der Waals surface area contributed by atoms with Crippen molar-refractivity contribution in [2.45, 2.75) is 51.3 Å². The molecule has 0 spiro atoms. The first kappa shape index (κ1) is 35.0. The number of hydrogen-bond donors (Lipinski definition) is 3. The SMILES string of the molecule is CC(C)CCNC(=O)[C@H](CC(=O)OCc1ccccc1)NC(=O)Cc1csc(NC(c2ccccc2)(c2ccccc2)c2ccccc2)n1. The molecule has 49 heavy (non-hydrogen) atoms. The molecule has 2 amide bonds. The van der Waals surface area contributed by atoms with E-state index >= 15 is 0 Å². The average molecular weight is 675 g/mol. The van der Waals surface area contributed by atoms with Crippen molar-refractivity contribution in [1.82, 2.24) is 15.6 Å². The van der Waals surface area contributed by atoms with Crippen LogP contribution in [0.25, 0.3) is 0 Å². The molecule has 9 heteroatoms. The Kier molecular flexibility index (Phi) is 12.3. The Balaban J connectivity index is 1.32. The monoisotopic (exact) mass is 674 g/mol. The van der Waals surface area contributed by atoms with Crippen molar-refractivity contribution in [3.8, 4) is 0 Å². The number of anilines is 1. The minimum Gasteiger partial charge on any atom is -0.461 e. The number of carbonyl (C=O) groups excluding carboxylic acids is 3. The van der Waals surface area contributed by atoms with E-state index < -0.39 is 29.4 Å². The number of rotatable bonds is 16. The number of amides is 2. The molecule has 0 aliphatic heterocycles. The van der Waals surface area contributed by atoms with Crippen molar-refractivity contribution in [3.05, 3.63) is 155 Å². The van der Waals surface area contributed by atoms with Gasteiger partial charge in [0.25, 0.3) is 0 Å². The maximum Gasteiger partial charge on any atom is 0.308 e. The van der Waals surface area contributed by atoms with Gasteiger partial charge < -0.3 is 20.7 Å². The fraction of sp³-hybridized carbons (Fsp3) is 0.250. The van der Waals surface area contributed by atoms with Crippen LogP contribution in [0.15, 0.2) is 127 Å². The number of aromatic nitrogens is 1. The van der Waals surface area contributed by atoms with Gasteiger partial charge >= 0.3 is 5.97 Å². The molecule has 252 valence electrons. The van der Waals surface area contributed by atoms with Crippen LogP contribution in [-0.2, 0) is 37.7 Å². The summed E-state index contributed by atoms with van der Waals surface area (Å²) in [5.41, 5.74) is 3.72. The largest absolute Gasteiger partial charge is 0.461 e. The van der Waals surface area contributed by atoms with Crippen LogP contribution in [0.4, 0.5) is 5.13 Å². The number of ether oxygens (including phenoxy) is 1. The molecule has 1 atom stereocenters. The summed E-state index contributed by atoms with van der Waals surface area (Å²) in [5.74, 6) is -1.03. The molecule has 0 saturated heterocycles. The number of nitrogens with zero attached hydrogens (tertiary/aromatic N) is 1. The van der Waals surface area contributed by atoms with Crippen molar-refractivity contribution < 1.29 is 19.1 Å². The second-order valence-electron chi connectivity index (χ2n) is 12.2. The molecule has 3 N–H and O–H groups in total. The minimum atomic E-state index is -1.08. The quantitative estimate of drug-likeness (QED) is 0.0779. The van der Waals surface area contributed by atoms with Crippen LogP contribution in [0.5, 0.6) is 0 Å². The van der Waals surface area contributed by atoms with E-state index in [1.165, 1.54) is 11.3 Å². The third-order valence-corrected chi connectivity index (χ3v) is 8.90. The van der Waals surface area contributed by atoms with E-state index in [1.807, 2.05) is 90.3 Å². The molecular formula is C40H42N4O4S. The summed E-state index contributed by atoms with van der Waals surface area (Å²) in [6.45, 7) is 4.65. The summed E-state index contributed by atoms with van der Waals surface area (Å²) in [6.07, 6.45) is 0.418. The molecule has 0 saturated carbocycles. The molecule has 4 aromatic carbocycles. The molecule has 8 nitrogen and oxygen atoms in total. The Labute approximate surface area is 292 Å².